The van der Waals surface area contributed by atoms with Crippen molar-refractivity contribution < 1.29 is 4.79 Å². The van der Waals surface area contributed by atoms with Crippen LogP contribution in [-0.4, -0.2) is 32.8 Å². The summed E-state index contributed by atoms with van der Waals surface area (Å²) in [6, 6.07) is 3.47. The molecule has 0 radical (unpaired) electrons. The maximum Gasteiger partial charge on any atom is 0.256 e. The van der Waals surface area contributed by atoms with Gasteiger partial charge in [-0.15, -0.1) is 0 Å². The Hall–Kier alpha value is -1.69. The zero-order valence-electron chi connectivity index (χ0n) is 9.22. The monoisotopic (exact) mass is 294 g/mol. The van der Waals surface area contributed by atoms with Crippen LogP contribution in [-0.2, 0) is 6.54 Å². The highest BCUT2D eigenvalue weighted by molar-refractivity contribution is 9.10. The largest absolute Gasteiger partial charge is 0.347 e. The van der Waals surface area contributed by atoms with Gasteiger partial charge in [-0.05, 0) is 28.1 Å². The van der Waals surface area contributed by atoms with Crippen molar-refractivity contribution in [1.82, 2.24) is 19.9 Å². The van der Waals surface area contributed by atoms with E-state index in [1.165, 1.54) is 0 Å². The van der Waals surface area contributed by atoms with E-state index in [0.29, 0.717) is 16.7 Å². The number of carbonyl (C=O) groups is 1. The molecule has 0 saturated carbocycles. The number of pyridine rings is 1. The van der Waals surface area contributed by atoms with Gasteiger partial charge < -0.3 is 9.88 Å². The Balaban J connectivity index is 2.13. The summed E-state index contributed by atoms with van der Waals surface area (Å²) >= 11 is 3.26. The first-order chi connectivity index (χ1) is 8.18. The van der Waals surface area contributed by atoms with Crippen LogP contribution in [0.15, 0.2) is 35.3 Å². The Labute approximate surface area is 107 Å². The molecule has 88 valence electrons. The fraction of sp³-hybridized carbons (Fsp3) is 0.182. The minimum atomic E-state index is -0.0959. The lowest BCUT2D eigenvalue weighted by molar-refractivity contribution is 0.0780. The van der Waals surface area contributed by atoms with E-state index in [0.717, 1.165) is 5.82 Å². The highest BCUT2D eigenvalue weighted by Gasteiger charge is 2.15. The van der Waals surface area contributed by atoms with Crippen LogP contribution < -0.4 is 0 Å². The van der Waals surface area contributed by atoms with Crippen molar-refractivity contribution >= 4 is 21.8 Å². The summed E-state index contributed by atoms with van der Waals surface area (Å²) in [5.74, 6) is 0.655. The van der Waals surface area contributed by atoms with E-state index < -0.39 is 0 Å². The first-order valence-corrected chi connectivity index (χ1v) is 5.82. The highest BCUT2D eigenvalue weighted by atomic mass is 79.9. The molecule has 2 aromatic rings. The van der Waals surface area contributed by atoms with Gasteiger partial charge in [-0.25, -0.2) is 9.97 Å². The van der Waals surface area contributed by atoms with Gasteiger partial charge in [0.15, 0.2) is 0 Å². The van der Waals surface area contributed by atoms with Gasteiger partial charge in [0.25, 0.3) is 5.91 Å². The number of imidazole rings is 1. The van der Waals surface area contributed by atoms with Gasteiger partial charge in [-0.2, -0.15) is 0 Å². The molecular weight excluding hydrogens is 284 g/mol. The van der Waals surface area contributed by atoms with Crippen molar-refractivity contribution in [3.63, 3.8) is 0 Å². The minimum absolute atomic E-state index is 0.0959. The molecule has 17 heavy (non-hydrogen) atoms. The van der Waals surface area contributed by atoms with Crippen LogP contribution >= 0.6 is 15.9 Å². The molecule has 1 N–H and O–H groups in total. The van der Waals surface area contributed by atoms with E-state index in [-0.39, 0.29) is 5.91 Å². The van der Waals surface area contributed by atoms with E-state index >= 15 is 0 Å². The topological polar surface area (TPSA) is 61.9 Å². The van der Waals surface area contributed by atoms with E-state index in [1.807, 2.05) is 0 Å². The molecule has 0 spiro atoms. The maximum atomic E-state index is 12.1. The van der Waals surface area contributed by atoms with E-state index in [1.54, 1.807) is 42.7 Å². The quantitative estimate of drug-likeness (QED) is 0.879. The van der Waals surface area contributed by atoms with Crippen LogP contribution in [0, 0.1) is 0 Å². The van der Waals surface area contributed by atoms with Gasteiger partial charge in [0, 0.05) is 25.6 Å². The summed E-state index contributed by atoms with van der Waals surface area (Å²) in [5, 5.41) is 0. The molecule has 0 saturated heterocycles. The average Bonchev–Trinajstić information content (AvgIpc) is 2.81. The summed E-state index contributed by atoms with van der Waals surface area (Å²) in [6.07, 6.45) is 5.02. The second-order valence-corrected chi connectivity index (χ2v) is 4.29. The standard InChI is InChI=1S/C11H11BrN4O/c1-16(7-9-13-5-6-14-9)11(17)8-3-2-4-15-10(8)12/h2-6H,7H2,1H3,(H,13,14). The van der Waals surface area contributed by atoms with E-state index in [4.69, 9.17) is 0 Å². The highest BCUT2D eigenvalue weighted by Crippen LogP contribution is 2.15. The Bertz CT molecular complexity index is 512. The third-order valence-electron chi connectivity index (χ3n) is 2.28. The van der Waals surface area contributed by atoms with Crippen molar-refractivity contribution in [2.75, 3.05) is 7.05 Å². The summed E-state index contributed by atoms with van der Waals surface area (Å²) in [5.41, 5.74) is 0.543. The Morgan fingerprint density at radius 3 is 2.94 bits per heavy atom. The van der Waals surface area contributed by atoms with Crippen molar-refractivity contribution in [3.05, 3.63) is 46.7 Å². The van der Waals surface area contributed by atoms with Crippen molar-refractivity contribution in [2.24, 2.45) is 0 Å². The molecule has 0 aromatic carbocycles. The fourth-order valence-corrected chi connectivity index (χ4v) is 1.85. The number of nitrogens with zero attached hydrogens (tertiary/aromatic N) is 3. The zero-order valence-corrected chi connectivity index (χ0v) is 10.8. The third-order valence-corrected chi connectivity index (χ3v) is 2.91. The summed E-state index contributed by atoms with van der Waals surface area (Å²) in [7, 11) is 1.73. The fourth-order valence-electron chi connectivity index (χ4n) is 1.43. The lowest BCUT2D eigenvalue weighted by Gasteiger charge is -2.16. The number of hydrogen-bond donors (Lipinski definition) is 1. The molecule has 2 aromatic heterocycles. The smallest absolute Gasteiger partial charge is 0.256 e. The van der Waals surface area contributed by atoms with Gasteiger partial charge in [-0.1, -0.05) is 0 Å². The van der Waals surface area contributed by atoms with E-state index in [9.17, 15) is 4.79 Å². The van der Waals surface area contributed by atoms with Gasteiger partial charge in [0.05, 0.1) is 12.1 Å². The number of nitrogens with one attached hydrogen (secondary N) is 1. The number of H-pyrrole nitrogens is 1. The summed E-state index contributed by atoms with van der Waals surface area (Å²) < 4.78 is 0.552. The van der Waals surface area contributed by atoms with Crippen LogP contribution in [0.1, 0.15) is 16.2 Å². The van der Waals surface area contributed by atoms with Crippen LogP contribution in [0.2, 0.25) is 0 Å². The number of amides is 1. The van der Waals surface area contributed by atoms with Gasteiger partial charge >= 0.3 is 0 Å². The number of carbonyl (C=O) groups excluding carboxylic acids is 1. The van der Waals surface area contributed by atoms with E-state index in [2.05, 4.69) is 30.9 Å². The Morgan fingerprint density at radius 2 is 2.29 bits per heavy atom. The number of hydrogen-bond acceptors (Lipinski definition) is 3. The molecule has 5 nitrogen and oxygen atoms in total. The number of halogens is 1. The predicted molar refractivity (Wildman–Crippen MR) is 66.3 cm³/mol. The van der Waals surface area contributed by atoms with Gasteiger partial charge in [0.1, 0.15) is 10.4 Å². The molecule has 2 heterocycles. The second-order valence-electron chi connectivity index (χ2n) is 3.54. The average molecular weight is 295 g/mol. The number of aromatic nitrogens is 3. The molecule has 0 aliphatic rings. The maximum absolute atomic E-state index is 12.1. The zero-order chi connectivity index (χ0) is 12.3. The van der Waals surface area contributed by atoms with Gasteiger partial charge in [-0.3, -0.25) is 4.79 Å². The predicted octanol–water partition coefficient (Wildman–Crippen LogP) is 1.84. The van der Waals surface area contributed by atoms with Crippen molar-refractivity contribution in [1.29, 1.82) is 0 Å². The SMILES string of the molecule is CN(Cc1ncc[nH]1)C(=O)c1cccnc1Br. The normalized spacial score (nSPS) is 10.2. The van der Waals surface area contributed by atoms with Crippen molar-refractivity contribution in [3.8, 4) is 0 Å². The second kappa shape index (κ2) is 5.09. The lowest BCUT2D eigenvalue weighted by Crippen LogP contribution is -2.27. The van der Waals surface area contributed by atoms with Crippen LogP contribution in [0.25, 0.3) is 0 Å². The molecule has 0 aliphatic heterocycles. The van der Waals surface area contributed by atoms with Crippen LogP contribution in [0.3, 0.4) is 0 Å². The third kappa shape index (κ3) is 2.71. The lowest BCUT2D eigenvalue weighted by atomic mass is 10.2. The van der Waals surface area contributed by atoms with Crippen LogP contribution in [0.4, 0.5) is 0 Å². The molecule has 2 rings (SSSR count). The summed E-state index contributed by atoms with van der Waals surface area (Å²) in [4.78, 5) is 24.7. The molecule has 0 fully saturated rings. The first-order valence-electron chi connectivity index (χ1n) is 5.02. The Morgan fingerprint density at radius 1 is 1.47 bits per heavy atom. The number of rotatable bonds is 3. The first kappa shape index (κ1) is 11.8. The molecule has 0 aliphatic carbocycles. The molecule has 0 atom stereocenters. The molecular formula is C11H11BrN4O. The number of aromatic amines is 1. The molecule has 0 unspecified atom stereocenters. The Kier molecular flexibility index (Phi) is 3.53. The van der Waals surface area contributed by atoms with Crippen LogP contribution in [0.5, 0.6) is 0 Å². The molecule has 1 amide bonds. The molecule has 0 bridgehead atoms. The van der Waals surface area contributed by atoms with Gasteiger partial charge in [0.2, 0.25) is 0 Å². The molecule has 6 heteroatoms. The minimum Gasteiger partial charge on any atom is -0.347 e. The van der Waals surface area contributed by atoms with Crippen molar-refractivity contribution in [2.45, 2.75) is 6.54 Å². The summed E-state index contributed by atoms with van der Waals surface area (Å²) in [6.45, 7) is 0.438.